The van der Waals surface area contributed by atoms with Crippen LogP contribution in [0.5, 0.6) is 5.75 Å². The van der Waals surface area contributed by atoms with Gasteiger partial charge in [0.15, 0.2) is 0 Å². The van der Waals surface area contributed by atoms with Crippen molar-refractivity contribution in [2.45, 2.75) is 26.5 Å². The van der Waals surface area contributed by atoms with Gasteiger partial charge < -0.3 is 14.5 Å². The average molecular weight is 361 g/mol. The fourth-order valence-corrected chi connectivity index (χ4v) is 2.65. The third-order valence-corrected chi connectivity index (χ3v) is 3.91. The molecule has 1 aromatic heterocycles. The molecule has 0 bridgehead atoms. The highest BCUT2D eigenvalue weighted by molar-refractivity contribution is 6.23. The van der Waals surface area contributed by atoms with Crippen LogP contribution in [-0.2, 0) is 11.3 Å². The van der Waals surface area contributed by atoms with E-state index in [0.29, 0.717) is 17.9 Å². The first-order valence-electron chi connectivity index (χ1n) is 8.96. The van der Waals surface area contributed by atoms with E-state index in [1.807, 2.05) is 74.5 Å². The van der Waals surface area contributed by atoms with E-state index in [4.69, 9.17) is 9.15 Å². The first kappa shape index (κ1) is 18.5. The molecule has 0 radical (unpaired) electrons. The summed E-state index contributed by atoms with van der Waals surface area (Å²) in [5, 5.41) is 2.98. The zero-order chi connectivity index (χ0) is 19.1. The molecule has 0 aliphatic carbocycles. The van der Waals surface area contributed by atoms with Crippen molar-refractivity contribution in [3.05, 3.63) is 89.9 Å². The van der Waals surface area contributed by atoms with Gasteiger partial charge in [-0.15, -0.1) is 0 Å². The molecule has 1 N–H and O–H groups in total. The molecule has 1 amide bonds. The third kappa shape index (κ3) is 5.35. The molecular formula is C23H23NO3. The number of benzene rings is 2. The molecule has 1 heterocycles. The maximum Gasteiger partial charge on any atom is 0.252 e. The average Bonchev–Trinajstić information content (AvgIpc) is 3.19. The topological polar surface area (TPSA) is 51.5 Å². The largest absolute Gasteiger partial charge is 0.491 e. The maximum atomic E-state index is 12.8. The van der Waals surface area contributed by atoms with Gasteiger partial charge in [0.05, 0.1) is 17.9 Å². The molecule has 0 spiro atoms. The molecule has 2 aromatic carbocycles. The first-order valence-corrected chi connectivity index (χ1v) is 8.96. The Labute approximate surface area is 159 Å². The second kappa shape index (κ2) is 8.90. The summed E-state index contributed by atoms with van der Waals surface area (Å²) < 4.78 is 11.0. The Morgan fingerprint density at radius 1 is 1.04 bits per heavy atom. The minimum absolute atomic E-state index is 0.135. The Bertz CT molecular complexity index is 879. The van der Waals surface area contributed by atoms with E-state index in [1.54, 1.807) is 18.4 Å². The molecular weight excluding hydrogens is 338 g/mol. The van der Waals surface area contributed by atoms with Crippen LogP contribution in [0.2, 0.25) is 0 Å². The second-order valence-corrected chi connectivity index (χ2v) is 6.43. The number of carbonyl (C=O) groups excluding carboxylic acids is 1. The van der Waals surface area contributed by atoms with Gasteiger partial charge >= 0.3 is 0 Å². The lowest BCUT2D eigenvalue weighted by Crippen LogP contribution is -2.23. The molecule has 3 rings (SSSR count). The summed E-state index contributed by atoms with van der Waals surface area (Å²) in [7, 11) is 0. The van der Waals surface area contributed by atoms with Gasteiger partial charge in [-0.25, -0.2) is 0 Å². The van der Waals surface area contributed by atoms with Crippen molar-refractivity contribution in [3.8, 4) is 5.75 Å². The molecule has 4 heteroatoms. The summed E-state index contributed by atoms with van der Waals surface area (Å²) in [5.41, 5.74) is 2.40. The molecule has 0 fully saturated rings. The van der Waals surface area contributed by atoms with Gasteiger partial charge in [-0.1, -0.05) is 42.5 Å². The highest BCUT2D eigenvalue weighted by atomic mass is 16.5. The lowest BCUT2D eigenvalue weighted by atomic mass is 10.0. The quantitative estimate of drug-likeness (QED) is 0.608. The number of carbonyl (C=O) groups is 1. The van der Waals surface area contributed by atoms with Gasteiger partial charge in [0.1, 0.15) is 11.5 Å². The molecule has 0 saturated heterocycles. The van der Waals surface area contributed by atoms with Crippen molar-refractivity contribution < 1.29 is 13.9 Å². The molecule has 4 nitrogen and oxygen atoms in total. The van der Waals surface area contributed by atoms with E-state index in [1.165, 1.54) is 0 Å². The Balaban J connectivity index is 1.71. The van der Waals surface area contributed by atoms with Crippen molar-refractivity contribution in [3.63, 3.8) is 0 Å². The number of rotatable bonds is 7. The Kier molecular flexibility index (Phi) is 6.10. The molecule has 0 aliphatic rings. The predicted molar refractivity (Wildman–Crippen MR) is 107 cm³/mol. The third-order valence-electron chi connectivity index (χ3n) is 3.91. The zero-order valence-electron chi connectivity index (χ0n) is 15.5. The first-order chi connectivity index (χ1) is 13.1. The van der Waals surface area contributed by atoms with Gasteiger partial charge in [-0.2, -0.15) is 0 Å². The van der Waals surface area contributed by atoms with Crippen LogP contribution in [0.15, 0.2) is 77.4 Å². The number of ether oxygens (including phenoxy) is 1. The van der Waals surface area contributed by atoms with E-state index in [9.17, 15) is 4.79 Å². The lowest BCUT2D eigenvalue weighted by molar-refractivity contribution is -0.115. The number of nitrogens with one attached hydrogen (secondary N) is 1. The fraction of sp³-hybridized carbons (Fsp3) is 0.174. The number of hydrogen-bond acceptors (Lipinski definition) is 3. The van der Waals surface area contributed by atoms with Crippen molar-refractivity contribution in [2.75, 3.05) is 0 Å². The van der Waals surface area contributed by atoms with Crippen LogP contribution in [0.3, 0.4) is 0 Å². The van der Waals surface area contributed by atoms with E-state index < -0.39 is 0 Å². The van der Waals surface area contributed by atoms with Gasteiger partial charge in [-0.05, 0) is 55.3 Å². The van der Waals surface area contributed by atoms with Gasteiger partial charge in [0.2, 0.25) is 0 Å². The number of furan rings is 1. The monoisotopic (exact) mass is 361 g/mol. The van der Waals surface area contributed by atoms with Crippen molar-refractivity contribution in [2.24, 2.45) is 0 Å². The van der Waals surface area contributed by atoms with Gasteiger partial charge in [0, 0.05) is 6.54 Å². The maximum absolute atomic E-state index is 12.8. The van der Waals surface area contributed by atoms with Crippen LogP contribution in [0, 0.1) is 0 Å². The zero-order valence-corrected chi connectivity index (χ0v) is 15.5. The van der Waals surface area contributed by atoms with Crippen molar-refractivity contribution in [1.82, 2.24) is 5.32 Å². The van der Waals surface area contributed by atoms with Crippen LogP contribution in [0.25, 0.3) is 11.6 Å². The van der Waals surface area contributed by atoms with Crippen LogP contribution in [0.4, 0.5) is 0 Å². The van der Waals surface area contributed by atoms with Gasteiger partial charge in [-0.3, -0.25) is 4.79 Å². The van der Waals surface area contributed by atoms with Crippen LogP contribution in [0.1, 0.15) is 30.7 Å². The minimum atomic E-state index is -0.153. The minimum Gasteiger partial charge on any atom is -0.491 e. The molecule has 138 valence electrons. The van der Waals surface area contributed by atoms with E-state index >= 15 is 0 Å². The molecule has 0 unspecified atom stereocenters. The van der Waals surface area contributed by atoms with Gasteiger partial charge in [0.25, 0.3) is 5.91 Å². The van der Waals surface area contributed by atoms with E-state index in [0.717, 1.165) is 16.9 Å². The Morgan fingerprint density at radius 3 is 2.41 bits per heavy atom. The summed E-state index contributed by atoms with van der Waals surface area (Å²) in [6, 6.07) is 20.9. The lowest BCUT2D eigenvalue weighted by Gasteiger charge is -2.11. The summed E-state index contributed by atoms with van der Waals surface area (Å²) in [6.45, 7) is 4.42. The van der Waals surface area contributed by atoms with Crippen molar-refractivity contribution >= 4 is 17.6 Å². The highest BCUT2D eigenvalue weighted by Crippen LogP contribution is 2.19. The Morgan fingerprint density at radius 2 is 1.78 bits per heavy atom. The van der Waals surface area contributed by atoms with Crippen LogP contribution >= 0.6 is 0 Å². The van der Waals surface area contributed by atoms with Crippen molar-refractivity contribution in [1.29, 1.82) is 0 Å². The predicted octanol–water partition coefficient (Wildman–Crippen LogP) is 4.92. The normalized spacial score (nSPS) is 11.4. The summed E-state index contributed by atoms with van der Waals surface area (Å²) in [5.74, 6) is 1.31. The summed E-state index contributed by atoms with van der Waals surface area (Å²) in [4.78, 5) is 12.8. The van der Waals surface area contributed by atoms with Crippen LogP contribution < -0.4 is 10.1 Å². The smallest absolute Gasteiger partial charge is 0.252 e. The summed E-state index contributed by atoms with van der Waals surface area (Å²) >= 11 is 0. The molecule has 0 atom stereocenters. The molecule has 3 aromatic rings. The van der Waals surface area contributed by atoms with E-state index in [2.05, 4.69) is 5.32 Å². The number of amides is 1. The van der Waals surface area contributed by atoms with Crippen LogP contribution in [-0.4, -0.2) is 12.0 Å². The van der Waals surface area contributed by atoms with E-state index in [-0.39, 0.29) is 12.0 Å². The standard InChI is InChI=1S/C23H23NO3/c1-17(2)27-20-12-10-18(11-13-20)16-24-23(25)22(15-21-9-6-14-26-21)19-7-4-3-5-8-19/h3-15,17H,16H2,1-2H3,(H,24,25)/b22-15+. The fourth-order valence-electron chi connectivity index (χ4n) is 2.65. The Hall–Kier alpha value is -3.27. The summed E-state index contributed by atoms with van der Waals surface area (Å²) in [6.07, 6.45) is 3.48. The molecule has 0 saturated carbocycles. The number of hydrogen-bond donors (Lipinski definition) is 1. The second-order valence-electron chi connectivity index (χ2n) is 6.43. The molecule has 27 heavy (non-hydrogen) atoms. The highest BCUT2D eigenvalue weighted by Gasteiger charge is 2.12. The molecule has 0 aliphatic heterocycles. The SMILES string of the molecule is CC(C)Oc1ccc(CNC(=O)/C(=C/c2ccco2)c2ccccc2)cc1.